The second kappa shape index (κ2) is 9.73. The number of nitrogens with two attached hydrogens (primary N) is 1. The molecule has 37 heavy (non-hydrogen) atoms. The first-order chi connectivity index (χ1) is 17.8. The zero-order chi connectivity index (χ0) is 26.3. The van der Waals surface area contributed by atoms with Gasteiger partial charge >= 0.3 is 0 Å². The van der Waals surface area contributed by atoms with E-state index in [1.165, 1.54) is 25.4 Å². The summed E-state index contributed by atoms with van der Waals surface area (Å²) in [6.07, 6.45) is 3.66. The van der Waals surface area contributed by atoms with Crippen LogP contribution in [-0.2, 0) is 0 Å². The van der Waals surface area contributed by atoms with Gasteiger partial charge in [-0.25, -0.2) is 23.1 Å². The minimum absolute atomic E-state index is 0.00989. The van der Waals surface area contributed by atoms with E-state index in [0.717, 1.165) is 53.8 Å². The number of carbonyl (C=O) groups excluding carboxylic acids is 1. The Bertz CT molecular complexity index is 1570. The van der Waals surface area contributed by atoms with Crippen LogP contribution in [0.5, 0.6) is 5.75 Å². The summed E-state index contributed by atoms with van der Waals surface area (Å²) in [7, 11) is 1.30. The lowest BCUT2D eigenvalue weighted by molar-refractivity contribution is 0.100. The first-order valence-corrected chi connectivity index (χ1v) is 11.9. The fourth-order valence-corrected chi connectivity index (χ4v) is 4.74. The highest BCUT2D eigenvalue weighted by molar-refractivity contribution is 7.09. The Kier molecular flexibility index (Phi) is 6.46. The van der Waals surface area contributed by atoms with Crippen LogP contribution in [0.1, 0.15) is 53.5 Å². The molecule has 5 rings (SSSR count). The molecule has 1 amide bonds. The molecule has 0 radical (unpaired) electrons. The van der Waals surface area contributed by atoms with E-state index in [1.807, 2.05) is 0 Å². The van der Waals surface area contributed by atoms with Gasteiger partial charge in [-0.05, 0) is 42.6 Å². The van der Waals surface area contributed by atoms with Crippen molar-refractivity contribution in [1.29, 1.82) is 0 Å². The summed E-state index contributed by atoms with van der Waals surface area (Å²) in [6, 6.07) is 3.71. The van der Waals surface area contributed by atoms with E-state index in [9.17, 15) is 18.4 Å². The Morgan fingerprint density at radius 2 is 1.97 bits per heavy atom. The molecule has 4 aromatic rings. The summed E-state index contributed by atoms with van der Waals surface area (Å²) in [4.78, 5) is 37.2. The highest BCUT2D eigenvalue weighted by Crippen LogP contribution is 2.37. The molecular formula is C24H19F3N6O3S. The number of nitrogens with zero attached hydrogens (tertiary/aromatic N) is 5. The van der Waals surface area contributed by atoms with Crippen molar-refractivity contribution in [3.05, 3.63) is 70.0 Å². The van der Waals surface area contributed by atoms with E-state index < -0.39 is 29.4 Å². The molecule has 0 spiro atoms. The van der Waals surface area contributed by atoms with E-state index in [2.05, 4.69) is 19.3 Å². The Balaban J connectivity index is 1.61. The van der Waals surface area contributed by atoms with Crippen LogP contribution in [0, 0.1) is 5.82 Å². The summed E-state index contributed by atoms with van der Waals surface area (Å²) < 4.78 is 52.4. The van der Waals surface area contributed by atoms with Crippen molar-refractivity contribution in [2.45, 2.75) is 31.6 Å². The van der Waals surface area contributed by atoms with Crippen LogP contribution in [0.3, 0.4) is 0 Å². The minimum atomic E-state index is -2.89. The van der Waals surface area contributed by atoms with Crippen molar-refractivity contribution in [2.75, 3.05) is 7.11 Å². The maximum Gasteiger partial charge on any atom is 0.293 e. The predicted molar refractivity (Wildman–Crippen MR) is 129 cm³/mol. The number of alkyl halides is 2. The molecule has 0 saturated heterocycles. The van der Waals surface area contributed by atoms with Gasteiger partial charge < -0.3 is 10.5 Å². The third kappa shape index (κ3) is 4.46. The molecule has 13 heteroatoms. The summed E-state index contributed by atoms with van der Waals surface area (Å²) in [5.41, 5.74) is 3.94. The Hall–Kier alpha value is -4.13. The average molecular weight is 529 g/mol. The molecule has 4 aromatic heterocycles. The Morgan fingerprint density at radius 1 is 1.19 bits per heavy atom. The van der Waals surface area contributed by atoms with E-state index in [-0.39, 0.29) is 39.7 Å². The topological polar surface area (TPSA) is 126 Å². The first-order valence-electron chi connectivity index (χ1n) is 11.2. The quantitative estimate of drug-likeness (QED) is 0.380. The molecule has 0 aliphatic heterocycles. The van der Waals surface area contributed by atoms with Crippen molar-refractivity contribution in [3.8, 4) is 33.3 Å². The molecule has 1 saturated carbocycles. The third-order valence-corrected chi connectivity index (χ3v) is 6.96. The Labute approximate surface area is 212 Å². The average Bonchev–Trinajstić information content (AvgIpc) is 3.32. The summed E-state index contributed by atoms with van der Waals surface area (Å²) in [5.74, 6) is -1.02. The zero-order valence-corrected chi connectivity index (χ0v) is 20.1. The molecule has 190 valence electrons. The first kappa shape index (κ1) is 24.6. The van der Waals surface area contributed by atoms with E-state index >= 15 is 4.39 Å². The molecule has 9 nitrogen and oxygen atoms in total. The van der Waals surface area contributed by atoms with Crippen LogP contribution in [0.2, 0.25) is 0 Å². The van der Waals surface area contributed by atoms with Gasteiger partial charge in [0.2, 0.25) is 0 Å². The number of rotatable bonds is 7. The van der Waals surface area contributed by atoms with E-state index in [1.54, 1.807) is 0 Å². The van der Waals surface area contributed by atoms with Crippen LogP contribution in [0.4, 0.5) is 13.2 Å². The van der Waals surface area contributed by atoms with E-state index in [4.69, 9.17) is 10.5 Å². The summed E-state index contributed by atoms with van der Waals surface area (Å²) in [6.45, 7) is 0. The molecule has 0 aromatic carbocycles. The third-order valence-electron chi connectivity index (χ3n) is 6.20. The molecule has 1 fully saturated rings. The fraction of sp³-hybridized carbons (Fsp3) is 0.250. The monoisotopic (exact) mass is 528 g/mol. The molecule has 0 atom stereocenters. The lowest BCUT2D eigenvalue weighted by Crippen LogP contribution is -2.23. The van der Waals surface area contributed by atoms with Gasteiger partial charge in [-0.15, -0.1) is 0 Å². The molecule has 1 aliphatic carbocycles. The number of halogens is 3. The van der Waals surface area contributed by atoms with Gasteiger partial charge in [0.05, 0.1) is 24.4 Å². The minimum Gasteiger partial charge on any atom is -0.494 e. The van der Waals surface area contributed by atoms with Crippen molar-refractivity contribution in [2.24, 2.45) is 5.73 Å². The van der Waals surface area contributed by atoms with Crippen LogP contribution in [0.15, 0.2) is 41.6 Å². The zero-order valence-electron chi connectivity index (χ0n) is 19.3. The number of ether oxygens (including phenoxy) is 1. The van der Waals surface area contributed by atoms with Gasteiger partial charge in [0.1, 0.15) is 28.1 Å². The van der Waals surface area contributed by atoms with Crippen molar-refractivity contribution in [3.63, 3.8) is 0 Å². The lowest BCUT2D eigenvalue weighted by atomic mass is 9.85. The molecule has 0 unspecified atom stereocenters. The van der Waals surface area contributed by atoms with Gasteiger partial charge in [0.25, 0.3) is 17.9 Å². The van der Waals surface area contributed by atoms with Crippen LogP contribution in [0.25, 0.3) is 27.5 Å². The van der Waals surface area contributed by atoms with Crippen molar-refractivity contribution < 1.29 is 22.7 Å². The number of hydrogen-bond acceptors (Lipinski definition) is 8. The summed E-state index contributed by atoms with van der Waals surface area (Å²) in [5, 5.41) is 0.294. The number of primary amides is 1. The second-order valence-corrected chi connectivity index (χ2v) is 9.12. The highest BCUT2D eigenvalue weighted by atomic mass is 32.1. The molecule has 4 heterocycles. The fourth-order valence-electron chi connectivity index (χ4n) is 3.98. The maximum atomic E-state index is 15.2. The van der Waals surface area contributed by atoms with E-state index in [0.29, 0.717) is 10.8 Å². The number of hydrogen-bond donors (Lipinski definition) is 1. The summed E-state index contributed by atoms with van der Waals surface area (Å²) >= 11 is 1.02. The number of pyridine rings is 3. The van der Waals surface area contributed by atoms with Gasteiger partial charge in [0, 0.05) is 29.4 Å². The van der Waals surface area contributed by atoms with Crippen molar-refractivity contribution >= 4 is 17.4 Å². The van der Waals surface area contributed by atoms with Gasteiger partial charge in [-0.3, -0.25) is 19.1 Å². The largest absolute Gasteiger partial charge is 0.494 e. The maximum absolute atomic E-state index is 15.2. The predicted octanol–water partition coefficient (Wildman–Crippen LogP) is 4.26. The molecule has 2 N–H and O–H groups in total. The molecule has 0 bridgehead atoms. The van der Waals surface area contributed by atoms with Crippen LogP contribution >= 0.6 is 11.5 Å². The molecular weight excluding hydrogens is 509 g/mol. The van der Waals surface area contributed by atoms with Crippen LogP contribution < -0.4 is 16.0 Å². The number of carbonyl (C=O) groups is 1. The normalized spacial score (nSPS) is 13.5. The van der Waals surface area contributed by atoms with Gasteiger partial charge in [0.15, 0.2) is 5.82 Å². The van der Waals surface area contributed by atoms with Gasteiger partial charge in [-0.1, -0.05) is 6.42 Å². The lowest BCUT2D eigenvalue weighted by Gasteiger charge is -2.21. The molecule has 1 aliphatic rings. The Morgan fingerprint density at radius 3 is 2.62 bits per heavy atom. The number of methoxy groups -OCH3 is 1. The SMILES string of the molecule is COc1cnc(C(F)F)cc1-c1cc(-n2ccc(-c3nc(C4CCC4)ns3)c(F)c2=O)ncc1C(N)=O. The van der Waals surface area contributed by atoms with Crippen LogP contribution in [-0.4, -0.2) is 36.9 Å². The number of aromatic nitrogens is 5. The number of amides is 1. The smallest absolute Gasteiger partial charge is 0.293 e. The highest BCUT2D eigenvalue weighted by Gasteiger charge is 2.26. The van der Waals surface area contributed by atoms with Gasteiger partial charge in [-0.2, -0.15) is 4.37 Å². The second-order valence-electron chi connectivity index (χ2n) is 8.37. The van der Waals surface area contributed by atoms with Crippen molar-refractivity contribution in [1.82, 2.24) is 23.9 Å². The standard InChI is InChI=1S/C24H19F3N6O3S/c1-36-17-10-29-16(20(26)27)7-14(17)13-8-18(30-9-15(13)21(28)34)33-6-5-12(19(25)24(33)35)23-31-22(32-37-23)11-3-2-4-11/h5-11,20H,2-4H2,1H3,(H2,28,34).